The SMILES string of the molecule is O=C(O)CC(c1ccccc1F)C1CCCC1. The molecule has 0 aliphatic heterocycles. The molecule has 0 radical (unpaired) electrons. The number of carbonyl (C=O) groups is 1. The van der Waals surface area contributed by atoms with Gasteiger partial charge in [-0.05, 0) is 30.4 Å². The monoisotopic (exact) mass is 236 g/mol. The fraction of sp³-hybridized carbons (Fsp3) is 0.500. The predicted octanol–water partition coefficient (Wildman–Crippen LogP) is 3.57. The maximum absolute atomic E-state index is 13.8. The molecule has 2 nitrogen and oxygen atoms in total. The van der Waals surface area contributed by atoms with Crippen LogP contribution in [0.25, 0.3) is 0 Å². The smallest absolute Gasteiger partial charge is 0.303 e. The minimum Gasteiger partial charge on any atom is -0.481 e. The lowest BCUT2D eigenvalue weighted by molar-refractivity contribution is -0.137. The lowest BCUT2D eigenvalue weighted by Gasteiger charge is -2.22. The molecule has 1 aliphatic carbocycles. The molecule has 92 valence electrons. The average Bonchev–Trinajstić information content (AvgIpc) is 2.80. The normalized spacial score (nSPS) is 18.2. The van der Waals surface area contributed by atoms with Gasteiger partial charge in [-0.2, -0.15) is 0 Å². The number of halogens is 1. The van der Waals surface area contributed by atoms with E-state index in [-0.39, 0.29) is 18.2 Å². The number of benzene rings is 1. The highest BCUT2D eigenvalue weighted by Crippen LogP contribution is 2.40. The van der Waals surface area contributed by atoms with Crippen molar-refractivity contribution in [1.82, 2.24) is 0 Å². The van der Waals surface area contributed by atoms with Crippen LogP contribution in [-0.2, 0) is 4.79 Å². The first-order chi connectivity index (χ1) is 8.18. The van der Waals surface area contributed by atoms with Gasteiger partial charge < -0.3 is 5.11 Å². The first-order valence-corrected chi connectivity index (χ1v) is 6.14. The lowest BCUT2D eigenvalue weighted by atomic mass is 9.82. The van der Waals surface area contributed by atoms with Gasteiger partial charge in [-0.3, -0.25) is 4.79 Å². The molecule has 0 spiro atoms. The largest absolute Gasteiger partial charge is 0.481 e. The van der Waals surface area contributed by atoms with E-state index >= 15 is 0 Å². The Labute approximate surface area is 100 Å². The average molecular weight is 236 g/mol. The Kier molecular flexibility index (Phi) is 3.77. The van der Waals surface area contributed by atoms with Gasteiger partial charge in [0.15, 0.2) is 0 Å². The summed E-state index contributed by atoms with van der Waals surface area (Å²) in [5.41, 5.74) is 0.571. The van der Waals surface area contributed by atoms with Gasteiger partial charge in [0.05, 0.1) is 6.42 Å². The molecular weight excluding hydrogens is 219 g/mol. The van der Waals surface area contributed by atoms with Crippen molar-refractivity contribution in [2.75, 3.05) is 0 Å². The van der Waals surface area contributed by atoms with Crippen LogP contribution in [-0.4, -0.2) is 11.1 Å². The number of carboxylic acids is 1. The summed E-state index contributed by atoms with van der Waals surface area (Å²) in [7, 11) is 0. The van der Waals surface area contributed by atoms with Gasteiger partial charge in [0.1, 0.15) is 5.82 Å². The van der Waals surface area contributed by atoms with Crippen LogP contribution in [0.3, 0.4) is 0 Å². The van der Waals surface area contributed by atoms with Gasteiger partial charge in [0.25, 0.3) is 0 Å². The molecule has 17 heavy (non-hydrogen) atoms. The molecule has 0 bridgehead atoms. The Morgan fingerprint density at radius 2 is 2.00 bits per heavy atom. The van der Waals surface area contributed by atoms with Crippen molar-refractivity contribution in [3.63, 3.8) is 0 Å². The van der Waals surface area contributed by atoms with E-state index in [1.54, 1.807) is 18.2 Å². The van der Waals surface area contributed by atoms with E-state index in [1.165, 1.54) is 6.07 Å². The van der Waals surface area contributed by atoms with Crippen molar-refractivity contribution >= 4 is 5.97 Å². The van der Waals surface area contributed by atoms with Crippen molar-refractivity contribution in [2.45, 2.75) is 38.0 Å². The molecule has 1 saturated carbocycles. The Balaban J connectivity index is 2.25. The van der Waals surface area contributed by atoms with Gasteiger partial charge in [-0.1, -0.05) is 31.0 Å². The highest BCUT2D eigenvalue weighted by Gasteiger charge is 2.29. The molecule has 1 aliphatic rings. The molecule has 1 aromatic carbocycles. The van der Waals surface area contributed by atoms with Crippen LogP contribution in [0, 0.1) is 11.7 Å². The molecule has 0 heterocycles. The molecule has 0 saturated heterocycles. The molecule has 1 unspecified atom stereocenters. The Morgan fingerprint density at radius 3 is 2.59 bits per heavy atom. The zero-order chi connectivity index (χ0) is 12.3. The highest BCUT2D eigenvalue weighted by atomic mass is 19.1. The molecule has 1 aromatic rings. The second kappa shape index (κ2) is 5.30. The van der Waals surface area contributed by atoms with E-state index in [0.717, 1.165) is 25.7 Å². The standard InChI is InChI=1S/C14H17FO2/c15-13-8-4-3-7-11(13)12(9-14(16)17)10-5-1-2-6-10/h3-4,7-8,10,12H,1-2,5-6,9H2,(H,16,17). The minimum absolute atomic E-state index is 0.0333. The molecule has 1 atom stereocenters. The Hall–Kier alpha value is -1.38. The van der Waals surface area contributed by atoms with E-state index in [1.807, 2.05) is 0 Å². The topological polar surface area (TPSA) is 37.3 Å². The van der Waals surface area contributed by atoms with Crippen molar-refractivity contribution in [3.05, 3.63) is 35.6 Å². The Morgan fingerprint density at radius 1 is 1.35 bits per heavy atom. The summed E-state index contributed by atoms with van der Waals surface area (Å²) in [4.78, 5) is 10.9. The van der Waals surface area contributed by atoms with E-state index < -0.39 is 5.97 Å². The zero-order valence-electron chi connectivity index (χ0n) is 9.73. The second-order valence-corrected chi connectivity index (χ2v) is 4.77. The summed E-state index contributed by atoms with van der Waals surface area (Å²) in [6.45, 7) is 0. The van der Waals surface area contributed by atoms with Crippen molar-refractivity contribution in [1.29, 1.82) is 0 Å². The number of hydrogen-bond donors (Lipinski definition) is 1. The molecule has 1 N–H and O–H groups in total. The number of hydrogen-bond acceptors (Lipinski definition) is 1. The number of aliphatic carboxylic acids is 1. The summed E-state index contributed by atoms with van der Waals surface area (Å²) >= 11 is 0. The highest BCUT2D eigenvalue weighted by molar-refractivity contribution is 5.68. The first-order valence-electron chi connectivity index (χ1n) is 6.14. The van der Waals surface area contributed by atoms with Crippen LogP contribution >= 0.6 is 0 Å². The van der Waals surface area contributed by atoms with Gasteiger partial charge in [-0.15, -0.1) is 0 Å². The number of carboxylic acid groups (broad SMARTS) is 1. The third kappa shape index (κ3) is 2.84. The van der Waals surface area contributed by atoms with Crippen molar-refractivity contribution in [2.24, 2.45) is 5.92 Å². The van der Waals surface area contributed by atoms with Crippen LogP contribution in [0.1, 0.15) is 43.6 Å². The van der Waals surface area contributed by atoms with Crippen LogP contribution in [0.4, 0.5) is 4.39 Å². The van der Waals surface area contributed by atoms with Crippen molar-refractivity contribution in [3.8, 4) is 0 Å². The summed E-state index contributed by atoms with van der Waals surface area (Å²) in [5, 5.41) is 8.97. The molecular formula is C14H17FO2. The van der Waals surface area contributed by atoms with E-state index in [0.29, 0.717) is 11.5 Å². The Bertz CT molecular complexity index is 397. The third-order valence-electron chi connectivity index (χ3n) is 3.67. The number of rotatable bonds is 4. The van der Waals surface area contributed by atoms with Crippen LogP contribution in [0.2, 0.25) is 0 Å². The van der Waals surface area contributed by atoms with E-state index in [9.17, 15) is 9.18 Å². The molecule has 0 amide bonds. The third-order valence-corrected chi connectivity index (χ3v) is 3.67. The van der Waals surface area contributed by atoms with Crippen LogP contribution < -0.4 is 0 Å². The maximum Gasteiger partial charge on any atom is 0.303 e. The van der Waals surface area contributed by atoms with Gasteiger partial charge in [0.2, 0.25) is 0 Å². The first kappa shape index (κ1) is 12.1. The van der Waals surface area contributed by atoms with Gasteiger partial charge in [0, 0.05) is 5.92 Å². The fourth-order valence-electron chi connectivity index (χ4n) is 2.85. The van der Waals surface area contributed by atoms with Gasteiger partial charge in [-0.25, -0.2) is 4.39 Å². The molecule has 0 aromatic heterocycles. The summed E-state index contributed by atoms with van der Waals surface area (Å²) in [6, 6.07) is 6.56. The molecule has 2 rings (SSSR count). The van der Waals surface area contributed by atoms with E-state index in [2.05, 4.69) is 0 Å². The summed E-state index contributed by atoms with van der Waals surface area (Å²) in [6.07, 6.45) is 4.34. The van der Waals surface area contributed by atoms with E-state index in [4.69, 9.17) is 5.11 Å². The zero-order valence-corrected chi connectivity index (χ0v) is 9.73. The van der Waals surface area contributed by atoms with Crippen LogP contribution in [0.15, 0.2) is 24.3 Å². The minimum atomic E-state index is -0.842. The summed E-state index contributed by atoms with van der Waals surface area (Å²) in [5.74, 6) is -0.963. The maximum atomic E-state index is 13.8. The van der Waals surface area contributed by atoms with Gasteiger partial charge >= 0.3 is 5.97 Å². The second-order valence-electron chi connectivity index (χ2n) is 4.77. The lowest BCUT2D eigenvalue weighted by Crippen LogP contribution is -2.15. The van der Waals surface area contributed by atoms with Crippen molar-refractivity contribution < 1.29 is 14.3 Å². The predicted molar refractivity (Wildman–Crippen MR) is 63.4 cm³/mol. The molecule has 1 fully saturated rings. The fourth-order valence-corrected chi connectivity index (χ4v) is 2.85. The summed E-state index contributed by atoms with van der Waals surface area (Å²) < 4.78 is 13.8. The molecule has 3 heteroatoms. The van der Waals surface area contributed by atoms with Crippen LogP contribution in [0.5, 0.6) is 0 Å². The quantitative estimate of drug-likeness (QED) is 0.867.